The molecule has 9 heteroatoms. The highest BCUT2D eigenvalue weighted by atomic mass is 16.5. The lowest BCUT2D eigenvalue weighted by molar-refractivity contribution is 0.0580. The molecule has 0 amide bonds. The van der Waals surface area contributed by atoms with Crippen LogP contribution in [-0.2, 0) is 9.47 Å². The zero-order valence-corrected chi connectivity index (χ0v) is 14.8. The van der Waals surface area contributed by atoms with Crippen molar-refractivity contribution in [3.05, 3.63) is 69.8 Å². The molecule has 0 spiro atoms. The van der Waals surface area contributed by atoms with Gasteiger partial charge in [0.15, 0.2) is 0 Å². The van der Waals surface area contributed by atoms with E-state index in [1.165, 1.54) is 24.3 Å². The molecule has 0 aliphatic carbocycles. The van der Waals surface area contributed by atoms with Crippen LogP contribution < -0.4 is 0 Å². The van der Waals surface area contributed by atoms with Crippen LogP contribution in [0.3, 0.4) is 0 Å². The van der Waals surface area contributed by atoms with E-state index in [-0.39, 0.29) is 33.4 Å². The Bertz CT molecular complexity index is 884. The summed E-state index contributed by atoms with van der Waals surface area (Å²) in [6.07, 6.45) is -1.41. The van der Waals surface area contributed by atoms with E-state index in [0.717, 1.165) is 26.4 Å². The van der Waals surface area contributed by atoms with Gasteiger partial charge in [0.2, 0.25) is 0 Å². The molecule has 0 unspecified atom stereocenters. The number of hydrogen-bond acceptors (Lipinski definition) is 7. The zero-order chi connectivity index (χ0) is 21.0. The molecule has 2 aromatic carbocycles. The molecule has 2 aromatic rings. The number of esters is 2. The third-order valence-electron chi connectivity index (χ3n) is 3.99. The first-order valence-corrected chi connectivity index (χ1v) is 7.80. The monoisotopic (exact) mass is 388 g/mol. The van der Waals surface area contributed by atoms with Gasteiger partial charge < -0.3 is 24.8 Å². The van der Waals surface area contributed by atoms with Crippen molar-refractivity contribution in [2.45, 2.75) is 6.10 Å². The molecule has 0 aliphatic rings. The van der Waals surface area contributed by atoms with E-state index in [0.29, 0.717) is 0 Å². The largest absolute Gasteiger partial charge is 0.478 e. The van der Waals surface area contributed by atoms with Gasteiger partial charge in [0, 0.05) is 0 Å². The molecule has 28 heavy (non-hydrogen) atoms. The number of carboxylic acids is 2. The van der Waals surface area contributed by atoms with Gasteiger partial charge in [-0.25, -0.2) is 19.2 Å². The molecule has 0 aliphatic heterocycles. The molecule has 0 aromatic heterocycles. The zero-order valence-electron chi connectivity index (χ0n) is 14.8. The fraction of sp³-hybridized carbons (Fsp3) is 0.158. The normalized spacial score (nSPS) is 10.4. The van der Waals surface area contributed by atoms with Crippen LogP contribution in [0, 0.1) is 0 Å². The number of aliphatic hydroxyl groups is 1. The topological polar surface area (TPSA) is 147 Å². The Morgan fingerprint density at radius 3 is 1.36 bits per heavy atom. The van der Waals surface area contributed by atoms with Gasteiger partial charge in [0.05, 0.1) is 36.5 Å². The number of ether oxygens (including phenoxy) is 2. The van der Waals surface area contributed by atoms with Gasteiger partial charge in [-0.2, -0.15) is 0 Å². The summed E-state index contributed by atoms with van der Waals surface area (Å²) in [6.45, 7) is 0. The molecule has 0 saturated carbocycles. The van der Waals surface area contributed by atoms with Crippen LogP contribution in [-0.4, -0.2) is 53.4 Å². The van der Waals surface area contributed by atoms with Crippen LogP contribution in [0.2, 0.25) is 0 Å². The number of aliphatic hydroxyl groups excluding tert-OH is 1. The molecule has 0 fully saturated rings. The molecular weight excluding hydrogens is 372 g/mol. The molecule has 0 radical (unpaired) electrons. The second-order valence-electron chi connectivity index (χ2n) is 5.61. The van der Waals surface area contributed by atoms with Gasteiger partial charge in [-0.3, -0.25) is 0 Å². The van der Waals surface area contributed by atoms with Crippen molar-refractivity contribution in [3.8, 4) is 0 Å². The predicted octanol–water partition coefficient (Wildman–Crippen LogP) is 1.74. The number of rotatable bonds is 6. The van der Waals surface area contributed by atoms with Gasteiger partial charge in [0.25, 0.3) is 0 Å². The minimum absolute atomic E-state index is 0.104. The van der Waals surface area contributed by atoms with Crippen molar-refractivity contribution in [1.29, 1.82) is 0 Å². The maximum absolute atomic E-state index is 11.7. The molecule has 0 saturated heterocycles. The smallest absolute Gasteiger partial charge is 0.338 e. The van der Waals surface area contributed by atoms with Crippen molar-refractivity contribution >= 4 is 23.9 Å². The lowest BCUT2D eigenvalue weighted by atomic mass is 9.94. The average molecular weight is 388 g/mol. The third kappa shape index (κ3) is 3.99. The minimum Gasteiger partial charge on any atom is -0.478 e. The van der Waals surface area contributed by atoms with Crippen LogP contribution in [0.4, 0.5) is 0 Å². The van der Waals surface area contributed by atoms with Crippen LogP contribution in [0.15, 0.2) is 36.4 Å². The van der Waals surface area contributed by atoms with Crippen molar-refractivity contribution in [3.63, 3.8) is 0 Å². The van der Waals surface area contributed by atoms with Gasteiger partial charge in [-0.15, -0.1) is 0 Å². The molecule has 0 atom stereocenters. The Kier molecular flexibility index (Phi) is 6.11. The SMILES string of the molecule is COC(=O)c1ccc(C(O)c2ccc(C(=O)OC)c(C(=O)O)c2)cc1C(=O)O. The van der Waals surface area contributed by atoms with E-state index >= 15 is 0 Å². The number of aromatic carboxylic acids is 2. The first-order valence-electron chi connectivity index (χ1n) is 7.80. The Balaban J connectivity index is 2.52. The fourth-order valence-corrected chi connectivity index (χ4v) is 2.59. The summed E-state index contributed by atoms with van der Waals surface area (Å²) in [4.78, 5) is 46.2. The molecule has 0 heterocycles. The number of hydrogen-bond donors (Lipinski definition) is 3. The van der Waals surface area contributed by atoms with Crippen molar-refractivity contribution < 1.29 is 44.0 Å². The van der Waals surface area contributed by atoms with E-state index in [2.05, 4.69) is 9.47 Å². The maximum Gasteiger partial charge on any atom is 0.338 e. The standard InChI is InChI=1S/C19H16O9/c1-27-18(25)11-5-3-9(7-13(11)16(21)22)15(20)10-4-6-12(19(26)28-2)14(8-10)17(23)24/h3-8,15,20H,1-2H3,(H,21,22)(H,23,24). The molecule has 2 rings (SSSR count). The summed E-state index contributed by atoms with van der Waals surface area (Å²) in [7, 11) is 2.21. The number of methoxy groups -OCH3 is 2. The Morgan fingerprint density at radius 1 is 0.714 bits per heavy atom. The van der Waals surface area contributed by atoms with Gasteiger partial charge >= 0.3 is 23.9 Å². The number of carbonyl (C=O) groups excluding carboxylic acids is 2. The average Bonchev–Trinajstić information content (AvgIpc) is 2.70. The number of carbonyl (C=O) groups is 4. The predicted molar refractivity (Wildman–Crippen MR) is 93.5 cm³/mol. The van der Waals surface area contributed by atoms with Crippen molar-refractivity contribution in [1.82, 2.24) is 0 Å². The first-order chi connectivity index (χ1) is 13.2. The van der Waals surface area contributed by atoms with Crippen LogP contribution in [0.5, 0.6) is 0 Å². The number of benzene rings is 2. The lowest BCUT2D eigenvalue weighted by Gasteiger charge is -2.15. The van der Waals surface area contributed by atoms with Crippen molar-refractivity contribution in [2.24, 2.45) is 0 Å². The van der Waals surface area contributed by atoms with E-state index < -0.39 is 30.0 Å². The second kappa shape index (κ2) is 8.31. The summed E-state index contributed by atoms with van der Waals surface area (Å²) in [6, 6.07) is 7.20. The highest BCUT2D eigenvalue weighted by molar-refractivity contribution is 6.03. The molecule has 146 valence electrons. The van der Waals surface area contributed by atoms with Crippen LogP contribution in [0.1, 0.15) is 58.7 Å². The fourth-order valence-electron chi connectivity index (χ4n) is 2.59. The third-order valence-corrected chi connectivity index (χ3v) is 3.99. The van der Waals surface area contributed by atoms with Gasteiger partial charge in [-0.05, 0) is 35.4 Å². The first kappa shape index (κ1) is 20.6. The highest BCUT2D eigenvalue weighted by Crippen LogP contribution is 2.27. The minimum atomic E-state index is -1.41. The Labute approximate surface area is 158 Å². The second-order valence-corrected chi connectivity index (χ2v) is 5.61. The summed E-state index contributed by atoms with van der Waals surface area (Å²) < 4.78 is 9.05. The van der Waals surface area contributed by atoms with Gasteiger partial charge in [-0.1, -0.05) is 12.1 Å². The summed E-state index contributed by atoms with van der Waals surface area (Å²) >= 11 is 0. The summed E-state index contributed by atoms with van der Waals surface area (Å²) in [5.74, 6) is -4.51. The van der Waals surface area contributed by atoms with Crippen LogP contribution in [0.25, 0.3) is 0 Å². The van der Waals surface area contributed by atoms with Gasteiger partial charge in [0.1, 0.15) is 6.10 Å². The van der Waals surface area contributed by atoms with E-state index in [1.54, 1.807) is 0 Å². The molecular formula is C19H16O9. The molecule has 9 nitrogen and oxygen atoms in total. The Morgan fingerprint density at radius 2 is 1.07 bits per heavy atom. The van der Waals surface area contributed by atoms with E-state index in [9.17, 15) is 34.5 Å². The van der Waals surface area contributed by atoms with Crippen LogP contribution >= 0.6 is 0 Å². The highest BCUT2D eigenvalue weighted by Gasteiger charge is 2.23. The lowest BCUT2D eigenvalue weighted by Crippen LogP contribution is -2.13. The van der Waals surface area contributed by atoms with Crippen molar-refractivity contribution in [2.75, 3.05) is 14.2 Å². The molecule has 0 bridgehead atoms. The summed E-state index contributed by atoms with van der Waals surface area (Å²) in [5.41, 5.74) is -0.947. The Hall–Kier alpha value is -3.72. The summed E-state index contributed by atoms with van der Waals surface area (Å²) in [5, 5.41) is 29.2. The maximum atomic E-state index is 11.7. The van der Waals surface area contributed by atoms with E-state index in [4.69, 9.17) is 0 Å². The quantitative estimate of drug-likeness (QED) is 0.629. The molecule has 3 N–H and O–H groups in total. The number of carboxylic acid groups (broad SMARTS) is 2. The van der Waals surface area contributed by atoms with E-state index in [1.807, 2.05) is 0 Å².